The number of rotatable bonds is 9. The van der Waals surface area contributed by atoms with Gasteiger partial charge in [0.2, 0.25) is 0 Å². The summed E-state index contributed by atoms with van der Waals surface area (Å²) in [4.78, 5) is 23.1. The van der Waals surface area contributed by atoms with Gasteiger partial charge in [-0.05, 0) is 42.3 Å². The highest BCUT2D eigenvalue weighted by Gasteiger charge is 2.17. The van der Waals surface area contributed by atoms with Gasteiger partial charge in [-0.2, -0.15) is 5.26 Å². The summed E-state index contributed by atoms with van der Waals surface area (Å²) in [6.07, 6.45) is 1.32. The lowest BCUT2D eigenvalue weighted by molar-refractivity contribution is -0.384. The van der Waals surface area contributed by atoms with Crippen LogP contribution in [0.2, 0.25) is 10.0 Å². The smallest absolute Gasteiger partial charge is 0.271 e. The van der Waals surface area contributed by atoms with Gasteiger partial charge < -0.3 is 14.8 Å². The first kappa shape index (κ1) is 25.6. The molecule has 1 amide bonds. The van der Waals surface area contributed by atoms with Crippen molar-refractivity contribution in [3.63, 3.8) is 0 Å². The van der Waals surface area contributed by atoms with Gasteiger partial charge in [0.15, 0.2) is 11.5 Å². The van der Waals surface area contributed by atoms with Crippen molar-refractivity contribution in [2.75, 3.05) is 11.9 Å². The van der Waals surface area contributed by atoms with Crippen LogP contribution in [0.1, 0.15) is 18.1 Å². The van der Waals surface area contributed by atoms with Gasteiger partial charge in [-0.15, -0.1) is 0 Å². The molecule has 0 unspecified atom stereocenters. The molecule has 1 N–H and O–H groups in total. The third-order valence-electron chi connectivity index (χ3n) is 4.64. The maximum Gasteiger partial charge on any atom is 0.271 e. The number of nitriles is 1. The van der Waals surface area contributed by atoms with Crippen LogP contribution in [0, 0.1) is 21.4 Å². The van der Waals surface area contributed by atoms with E-state index in [1.54, 1.807) is 13.0 Å². The number of anilines is 1. The number of nitro benzene ring substituents is 1. The van der Waals surface area contributed by atoms with Gasteiger partial charge >= 0.3 is 0 Å². The maximum absolute atomic E-state index is 12.7. The molecule has 0 aliphatic rings. The Hall–Kier alpha value is -4.06. The molecule has 35 heavy (non-hydrogen) atoms. The predicted molar refractivity (Wildman–Crippen MR) is 134 cm³/mol. The van der Waals surface area contributed by atoms with E-state index in [1.165, 1.54) is 24.3 Å². The Labute approximate surface area is 211 Å². The zero-order valence-electron chi connectivity index (χ0n) is 18.5. The molecule has 0 heterocycles. The van der Waals surface area contributed by atoms with Gasteiger partial charge in [0.05, 0.1) is 27.3 Å². The molecule has 0 aliphatic carbocycles. The Kier molecular flexibility index (Phi) is 8.68. The van der Waals surface area contributed by atoms with E-state index in [4.69, 9.17) is 32.7 Å². The van der Waals surface area contributed by atoms with Crippen LogP contribution in [0.25, 0.3) is 6.08 Å². The summed E-state index contributed by atoms with van der Waals surface area (Å²) in [5.74, 6) is -0.115. The molecule has 0 saturated carbocycles. The van der Waals surface area contributed by atoms with Crippen molar-refractivity contribution in [1.82, 2.24) is 0 Å². The number of carbonyl (C=O) groups is 1. The van der Waals surface area contributed by atoms with Crippen molar-refractivity contribution >= 4 is 46.6 Å². The van der Waals surface area contributed by atoms with Gasteiger partial charge in [-0.25, -0.2) is 0 Å². The predicted octanol–water partition coefficient (Wildman–Crippen LogP) is 6.42. The van der Waals surface area contributed by atoms with Crippen LogP contribution in [0.5, 0.6) is 11.5 Å². The Morgan fingerprint density at radius 1 is 1.11 bits per heavy atom. The second-order valence-electron chi connectivity index (χ2n) is 7.08. The van der Waals surface area contributed by atoms with Crippen molar-refractivity contribution in [2.45, 2.75) is 13.5 Å². The minimum absolute atomic E-state index is 0.00437. The number of nitro groups is 1. The van der Waals surface area contributed by atoms with Crippen LogP contribution in [0.4, 0.5) is 11.4 Å². The molecule has 0 saturated heterocycles. The largest absolute Gasteiger partial charge is 0.490 e. The number of nitrogens with one attached hydrogen (secondary N) is 1. The summed E-state index contributed by atoms with van der Waals surface area (Å²) in [7, 11) is 0. The average molecular weight is 512 g/mol. The topological polar surface area (TPSA) is 114 Å². The van der Waals surface area contributed by atoms with E-state index < -0.39 is 10.8 Å². The molecule has 0 radical (unpaired) electrons. The normalized spacial score (nSPS) is 10.9. The molecule has 0 bridgehead atoms. The van der Waals surface area contributed by atoms with E-state index >= 15 is 0 Å². The average Bonchev–Trinajstić information content (AvgIpc) is 2.84. The first-order valence-electron chi connectivity index (χ1n) is 10.3. The fraction of sp³-hybridized carbons (Fsp3) is 0.120. The van der Waals surface area contributed by atoms with E-state index in [1.807, 2.05) is 36.4 Å². The molecule has 3 aromatic carbocycles. The zero-order chi connectivity index (χ0) is 25.4. The summed E-state index contributed by atoms with van der Waals surface area (Å²) >= 11 is 12.5. The van der Waals surface area contributed by atoms with Gasteiger partial charge in [0, 0.05) is 12.1 Å². The number of hydrogen-bond donors (Lipinski definition) is 1. The van der Waals surface area contributed by atoms with E-state index in [2.05, 4.69) is 5.32 Å². The van der Waals surface area contributed by atoms with E-state index in [-0.39, 0.29) is 33.6 Å². The van der Waals surface area contributed by atoms with Gasteiger partial charge in [-0.3, -0.25) is 14.9 Å². The fourth-order valence-electron chi connectivity index (χ4n) is 3.03. The Balaban J connectivity index is 1.87. The summed E-state index contributed by atoms with van der Waals surface area (Å²) < 4.78 is 11.5. The number of hydrogen-bond acceptors (Lipinski definition) is 6. The van der Waals surface area contributed by atoms with Gasteiger partial charge in [-0.1, -0.05) is 53.5 Å². The molecule has 8 nitrogen and oxygen atoms in total. The van der Waals surface area contributed by atoms with Crippen LogP contribution in [0.15, 0.2) is 66.2 Å². The van der Waals surface area contributed by atoms with Crippen molar-refractivity contribution in [3.05, 3.63) is 97.5 Å². The zero-order valence-corrected chi connectivity index (χ0v) is 20.0. The first-order chi connectivity index (χ1) is 16.8. The number of halogens is 2. The van der Waals surface area contributed by atoms with Gasteiger partial charge in [0.1, 0.15) is 18.2 Å². The monoisotopic (exact) mass is 511 g/mol. The van der Waals surface area contributed by atoms with E-state index in [0.717, 1.165) is 11.6 Å². The number of non-ortho nitro benzene ring substituents is 1. The molecule has 3 aromatic rings. The fourth-order valence-corrected chi connectivity index (χ4v) is 3.47. The highest BCUT2D eigenvalue weighted by Crippen LogP contribution is 2.38. The Morgan fingerprint density at radius 2 is 1.86 bits per heavy atom. The number of amides is 1. The highest BCUT2D eigenvalue weighted by atomic mass is 35.5. The number of benzene rings is 3. The second kappa shape index (κ2) is 11.9. The maximum atomic E-state index is 12.7. The number of carbonyl (C=O) groups excluding carboxylic acids is 1. The van der Waals surface area contributed by atoms with Crippen molar-refractivity contribution in [1.29, 1.82) is 5.26 Å². The summed E-state index contributed by atoms with van der Waals surface area (Å²) in [6, 6.07) is 18.1. The second-order valence-corrected chi connectivity index (χ2v) is 7.90. The lowest BCUT2D eigenvalue weighted by Gasteiger charge is -2.15. The molecule has 3 rings (SSSR count). The standard InChI is InChI=1S/C25H19Cl2N3O5/c1-2-34-23-12-17(11-21(27)24(23)35-15-16-6-4-3-5-7-16)10-18(14-28)25(31)29-22-13-19(30(32)33)8-9-20(22)26/h3-13H,2,15H2,1H3,(H,29,31)/b18-10+. The molecule has 0 spiro atoms. The van der Waals surface area contributed by atoms with E-state index in [0.29, 0.717) is 23.7 Å². The molecule has 0 aromatic heterocycles. The minimum atomic E-state index is -0.798. The minimum Gasteiger partial charge on any atom is -0.490 e. The van der Waals surface area contributed by atoms with Crippen LogP contribution in [-0.2, 0) is 11.4 Å². The van der Waals surface area contributed by atoms with E-state index in [9.17, 15) is 20.2 Å². The quantitative estimate of drug-likeness (QED) is 0.153. The molecular weight excluding hydrogens is 493 g/mol. The summed E-state index contributed by atoms with van der Waals surface area (Å²) in [5, 5.41) is 23.3. The van der Waals surface area contributed by atoms with Crippen LogP contribution in [0.3, 0.4) is 0 Å². The Bertz CT molecular complexity index is 1320. The van der Waals surface area contributed by atoms with Crippen LogP contribution in [-0.4, -0.2) is 17.4 Å². The number of nitrogens with zero attached hydrogens (tertiary/aromatic N) is 2. The first-order valence-corrected chi connectivity index (χ1v) is 11.1. The molecule has 0 aliphatic heterocycles. The molecule has 0 atom stereocenters. The van der Waals surface area contributed by atoms with Crippen molar-refractivity contribution in [3.8, 4) is 17.6 Å². The molecule has 10 heteroatoms. The van der Waals surface area contributed by atoms with Crippen molar-refractivity contribution < 1.29 is 19.2 Å². The molecular formula is C25H19Cl2N3O5. The number of ether oxygens (including phenoxy) is 2. The Morgan fingerprint density at radius 3 is 2.51 bits per heavy atom. The third-order valence-corrected chi connectivity index (χ3v) is 5.25. The molecule has 0 fully saturated rings. The van der Waals surface area contributed by atoms with Crippen LogP contribution < -0.4 is 14.8 Å². The van der Waals surface area contributed by atoms with Crippen molar-refractivity contribution in [2.24, 2.45) is 0 Å². The molecule has 178 valence electrons. The summed E-state index contributed by atoms with van der Waals surface area (Å²) in [5.41, 5.74) is 0.834. The summed E-state index contributed by atoms with van der Waals surface area (Å²) in [6.45, 7) is 2.40. The lowest BCUT2D eigenvalue weighted by atomic mass is 10.1. The third kappa shape index (κ3) is 6.73. The van der Waals surface area contributed by atoms with Gasteiger partial charge in [0.25, 0.3) is 11.6 Å². The lowest BCUT2D eigenvalue weighted by Crippen LogP contribution is -2.14. The van der Waals surface area contributed by atoms with Crippen LogP contribution >= 0.6 is 23.2 Å². The SMILES string of the molecule is CCOc1cc(/C=C(\C#N)C(=O)Nc2cc([N+](=O)[O-])ccc2Cl)cc(Cl)c1OCc1ccccc1. The highest BCUT2D eigenvalue weighted by molar-refractivity contribution is 6.34.